The van der Waals surface area contributed by atoms with Gasteiger partial charge in [0.15, 0.2) is 5.82 Å². The number of para-hydroxylation sites is 1. The van der Waals surface area contributed by atoms with Gasteiger partial charge in [0.25, 0.3) is 0 Å². The lowest BCUT2D eigenvalue weighted by Crippen LogP contribution is -2.09. The topological polar surface area (TPSA) is 50.1 Å². The fourth-order valence-electron chi connectivity index (χ4n) is 2.09. The van der Waals surface area contributed by atoms with Crippen molar-refractivity contribution in [1.29, 1.82) is 0 Å². The van der Waals surface area contributed by atoms with Crippen molar-refractivity contribution in [3.8, 4) is 5.88 Å². The number of aromatic nitrogens is 2. The maximum atomic E-state index is 13.6. The van der Waals surface area contributed by atoms with Crippen LogP contribution in [0.15, 0.2) is 42.7 Å². The van der Waals surface area contributed by atoms with Crippen LogP contribution in [0.25, 0.3) is 10.9 Å². The summed E-state index contributed by atoms with van der Waals surface area (Å²) in [5.41, 5.74) is 4.65. The second kappa shape index (κ2) is 4.28. The molecular weight excluding hydrogens is 245 g/mol. The third-order valence-corrected chi connectivity index (χ3v) is 3.10. The molecule has 96 valence electrons. The van der Waals surface area contributed by atoms with Gasteiger partial charge in [-0.2, -0.15) is 0 Å². The van der Waals surface area contributed by atoms with Gasteiger partial charge in [-0.1, -0.05) is 18.2 Å². The largest absolute Gasteiger partial charge is 0.493 e. The van der Waals surface area contributed by atoms with Gasteiger partial charge in [-0.3, -0.25) is 10.4 Å². The molecule has 19 heavy (non-hydrogen) atoms. The van der Waals surface area contributed by atoms with Crippen molar-refractivity contribution in [2.45, 2.75) is 6.92 Å². The monoisotopic (exact) mass is 257 g/mol. The van der Waals surface area contributed by atoms with Crippen molar-refractivity contribution in [3.05, 3.63) is 54.1 Å². The summed E-state index contributed by atoms with van der Waals surface area (Å²) in [6.07, 6.45) is 2.61. The zero-order valence-electron chi connectivity index (χ0n) is 10.3. The highest BCUT2D eigenvalue weighted by atomic mass is 19.1. The number of nitrogens with zero attached hydrogens (tertiary/aromatic N) is 2. The van der Waals surface area contributed by atoms with Crippen LogP contribution in [0, 0.1) is 12.7 Å². The zero-order valence-corrected chi connectivity index (χ0v) is 10.3. The second-order valence-corrected chi connectivity index (χ2v) is 4.27. The van der Waals surface area contributed by atoms with Crippen LogP contribution in [-0.2, 0) is 0 Å². The normalized spacial score (nSPS) is 10.8. The van der Waals surface area contributed by atoms with Gasteiger partial charge in [0.1, 0.15) is 0 Å². The number of fused-ring (bicyclic) bond motifs is 1. The number of nitrogens with one attached hydrogen (secondary N) is 1. The molecule has 0 bridgehead atoms. The number of anilines is 1. The first-order valence-electron chi connectivity index (χ1n) is 5.84. The van der Waals surface area contributed by atoms with Crippen LogP contribution in [0.4, 0.5) is 10.1 Å². The smallest absolute Gasteiger partial charge is 0.214 e. The van der Waals surface area contributed by atoms with E-state index in [0.29, 0.717) is 0 Å². The van der Waals surface area contributed by atoms with E-state index in [0.717, 1.165) is 22.7 Å². The van der Waals surface area contributed by atoms with Gasteiger partial charge in [-0.15, -0.1) is 0 Å². The summed E-state index contributed by atoms with van der Waals surface area (Å²) in [4.78, 5) is 3.69. The van der Waals surface area contributed by atoms with Crippen molar-refractivity contribution in [3.63, 3.8) is 0 Å². The molecule has 3 rings (SSSR count). The van der Waals surface area contributed by atoms with Gasteiger partial charge in [0.2, 0.25) is 5.88 Å². The minimum absolute atomic E-state index is 0.0670. The molecule has 0 saturated heterocycles. The van der Waals surface area contributed by atoms with E-state index in [1.54, 1.807) is 0 Å². The number of hydrogen-bond acceptors (Lipinski definition) is 3. The minimum atomic E-state index is -0.475. The standard InChI is InChI=1S/C14H12FN3O/c1-9-10-4-2-3-5-13(10)18(14(9)19)17-12-6-7-16-8-11(12)15/h2-8,19H,1H3,(H,16,17). The number of aromatic hydroxyl groups is 1. The molecule has 0 aliphatic carbocycles. The lowest BCUT2D eigenvalue weighted by Gasteiger charge is -2.10. The van der Waals surface area contributed by atoms with Crippen molar-refractivity contribution in [2.24, 2.45) is 0 Å². The molecular formula is C14H12FN3O. The lowest BCUT2D eigenvalue weighted by molar-refractivity contribution is 0.435. The van der Waals surface area contributed by atoms with Gasteiger partial charge in [-0.25, -0.2) is 9.07 Å². The fourth-order valence-corrected chi connectivity index (χ4v) is 2.09. The Hall–Kier alpha value is -2.56. The SMILES string of the molecule is Cc1c(O)n(Nc2ccncc2F)c2ccccc12. The third-order valence-electron chi connectivity index (χ3n) is 3.10. The van der Waals surface area contributed by atoms with Gasteiger partial charge >= 0.3 is 0 Å². The molecule has 0 radical (unpaired) electrons. The van der Waals surface area contributed by atoms with Crippen molar-refractivity contribution in [1.82, 2.24) is 9.66 Å². The number of hydrogen-bond donors (Lipinski definition) is 2. The molecule has 1 aromatic carbocycles. The quantitative estimate of drug-likeness (QED) is 0.741. The van der Waals surface area contributed by atoms with E-state index in [9.17, 15) is 9.50 Å². The Kier molecular flexibility index (Phi) is 2.59. The molecule has 0 saturated carbocycles. The minimum Gasteiger partial charge on any atom is -0.493 e. The number of halogens is 1. The first-order valence-corrected chi connectivity index (χ1v) is 5.84. The van der Waals surface area contributed by atoms with Crippen LogP contribution >= 0.6 is 0 Å². The highest BCUT2D eigenvalue weighted by Gasteiger charge is 2.13. The average Bonchev–Trinajstić information content (AvgIpc) is 2.67. The van der Waals surface area contributed by atoms with Crippen molar-refractivity contribution in [2.75, 3.05) is 5.43 Å². The van der Waals surface area contributed by atoms with E-state index >= 15 is 0 Å². The van der Waals surface area contributed by atoms with Gasteiger partial charge in [0.05, 0.1) is 17.4 Å². The molecule has 0 unspecified atom stereocenters. The number of rotatable bonds is 2. The van der Waals surface area contributed by atoms with E-state index in [4.69, 9.17) is 0 Å². The molecule has 2 N–H and O–H groups in total. The van der Waals surface area contributed by atoms with Crippen LogP contribution in [0.2, 0.25) is 0 Å². The highest BCUT2D eigenvalue weighted by molar-refractivity contribution is 5.87. The molecule has 3 aromatic rings. The number of benzene rings is 1. The molecule has 2 aromatic heterocycles. The third kappa shape index (κ3) is 1.79. The summed E-state index contributed by atoms with van der Waals surface area (Å²) in [6.45, 7) is 1.82. The zero-order chi connectivity index (χ0) is 13.4. The van der Waals surface area contributed by atoms with Crippen LogP contribution in [0.3, 0.4) is 0 Å². The molecule has 4 nitrogen and oxygen atoms in total. The van der Waals surface area contributed by atoms with E-state index in [-0.39, 0.29) is 11.6 Å². The summed E-state index contributed by atoms with van der Waals surface area (Å²) < 4.78 is 15.1. The predicted octanol–water partition coefficient (Wildman–Crippen LogP) is 3.06. The fraction of sp³-hybridized carbons (Fsp3) is 0.0714. The van der Waals surface area contributed by atoms with Gasteiger partial charge in [0, 0.05) is 17.1 Å². The number of aryl methyl sites for hydroxylation is 1. The summed E-state index contributed by atoms with van der Waals surface area (Å²) in [7, 11) is 0. The Morgan fingerprint density at radius 3 is 2.84 bits per heavy atom. The first kappa shape index (κ1) is 11.5. The number of pyridine rings is 1. The van der Waals surface area contributed by atoms with Crippen molar-refractivity contribution >= 4 is 16.6 Å². The van der Waals surface area contributed by atoms with Crippen LogP contribution in [0.5, 0.6) is 5.88 Å². The summed E-state index contributed by atoms with van der Waals surface area (Å²) in [5.74, 6) is -0.408. The van der Waals surface area contributed by atoms with Gasteiger partial charge < -0.3 is 5.11 Å². The van der Waals surface area contributed by atoms with E-state index in [1.165, 1.54) is 16.9 Å². The van der Waals surface area contributed by atoms with E-state index < -0.39 is 5.82 Å². The summed E-state index contributed by atoms with van der Waals surface area (Å²) in [5, 5.41) is 11.1. The van der Waals surface area contributed by atoms with Crippen LogP contribution in [-0.4, -0.2) is 14.8 Å². The molecule has 0 atom stereocenters. The Balaban J connectivity index is 2.16. The van der Waals surface area contributed by atoms with Crippen LogP contribution < -0.4 is 5.43 Å². The maximum Gasteiger partial charge on any atom is 0.214 e. The Bertz CT molecular complexity index is 752. The Morgan fingerprint density at radius 2 is 2.05 bits per heavy atom. The molecule has 2 heterocycles. The average molecular weight is 257 g/mol. The lowest BCUT2D eigenvalue weighted by atomic mass is 10.2. The molecule has 5 heteroatoms. The Labute approximate surface area is 109 Å². The van der Waals surface area contributed by atoms with Gasteiger partial charge in [-0.05, 0) is 19.1 Å². The second-order valence-electron chi connectivity index (χ2n) is 4.27. The molecule has 0 spiro atoms. The van der Waals surface area contributed by atoms with E-state index in [1.807, 2.05) is 31.2 Å². The first-order chi connectivity index (χ1) is 9.18. The Morgan fingerprint density at radius 1 is 1.26 bits per heavy atom. The molecule has 0 aliphatic heterocycles. The predicted molar refractivity (Wildman–Crippen MR) is 71.6 cm³/mol. The molecule has 0 fully saturated rings. The van der Waals surface area contributed by atoms with E-state index in [2.05, 4.69) is 10.4 Å². The molecule has 0 aliphatic rings. The summed E-state index contributed by atoms with van der Waals surface area (Å²) in [6, 6.07) is 9.03. The highest BCUT2D eigenvalue weighted by Crippen LogP contribution is 2.30. The van der Waals surface area contributed by atoms with Crippen molar-refractivity contribution < 1.29 is 9.50 Å². The summed E-state index contributed by atoms with van der Waals surface area (Å²) >= 11 is 0. The van der Waals surface area contributed by atoms with Crippen LogP contribution in [0.1, 0.15) is 5.56 Å². The molecule has 0 amide bonds. The maximum absolute atomic E-state index is 13.6.